The maximum Gasteiger partial charge on any atom is 0.312 e. The lowest BCUT2D eigenvalue weighted by Gasteiger charge is -2.27. The molecule has 0 saturated carbocycles. The Kier molecular flexibility index (Phi) is 6.19. The molecule has 3 heterocycles. The lowest BCUT2D eigenvalue weighted by Crippen LogP contribution is -2.22. The zero-order chi connectivity index (χ0) is 27.9. The fourth-order valence-electron chi connectivity index (χ4n) is 5.79. The largest absolute Gasteiger partial charge is 0.507 e. The molecule has 0 saturated heterocycles. The van der Waals surface area contributed by atoms with Gasteiger partial charge in [-0.05, 0) is 28.8 Å². The zero-order valence-electron chi connectivity index (χ0n) is 22.1. The van der Waals surface area contributed by atoms with Gasteiger partial charge in [-0.2, -0.15) is 0 Å². The van der Waals surface area contributed by atoms with Crippen molar-refractivity contribution in [3.05, 3.63) is 118 Å². The van der Waals surface area contributed by atoms with Gasteiger partial charge in [-0.25, -0.2) is 0 Å². The molecule has 7 nitrogen and oxygen atoms in total. The van der Waals surface area contributed by atoms with Crippen LogP contribution < -0.4 is 19.6 Å². The number of para-hydroxylation sites is 1. The number of carbonyl (C=O) groups excluding carboxylic acids is 1. The van der Waals surface area contributed by atoms with Gasteiger partial charge in [-0.1, -0.05) is 60.7 Å². The molecule has 0 bridgehead atoms. The molecule has 5 aromatic rings. The predicted molar refractivity (Wildman–Crippen MR) is 153 cm³/mol. The summed E-state index contributed by atoms with van der Waals surface area (Å²) in [6, 6.07) is 24.2. The summed E-state index contributed by atoms with van der Waals surface area (Å²) in [6.07, 6.45) is 3.05. The standard InChI is InChI=1S/C34H26O7/c35-26-18-29-31(34-32(26)33(37)25(19-40-34)21-6-2-1-3-7-21)24(17-30(36)41-29)23-8-4-5-9-28(23)39-14-12-20-10-11-27-22(16-20)13-15-38-27/h1-11,16,18-19,24,35H,12-15,17H2/t24-/m1/s1. The molecule has 204 valence electrons. The van der Waals surface area contributed by atoms with E-state index in [1.807, 2.05) is 60.7 Å². The Morgan fingerprint density at radius 1 is 0.927 bits per heavy atom. The molecule has 0 spiro atoms. The third-order valence-corrected chi connectivity index (χ3v) is 7.75. The third kappa shape index (κ3) is 4.49. The Morgan fingerprint density at radius 3 is 2.63 bits per heavy atom. The summed E-state index contributed by atoms with van der Waals surface area (Å²) in [4.78, 5) is 26.3. The molecule has 0 amide bonds. The van der Waals surface area contributed by atoms with Gasteiger partial charge in [0.05, 0.1) is 25.2 Å². The number of hydrogen-bond acceptors (Lipinski definition) is 7. The summed E-state index contributed by atoms with van der Waals surface area (Å²) in [5.74, 6) is 0.494. The van der Waals surface area contributed by atoms with Crippen molar-refractivity contribution in [2.45, 2.75) is 25.2 Å². The Morgan fingerprint density at radius 2 is 1.76 bits per heavy atom. The molecule has 1 atom stereocenters. The number of phenols is 1. The number of aromatic hydroxyl groups is 1. The summed E-state index contributed by atoms with van der Waals surface area (Å²) < 4.78 is 23.5. The second-order valence-corrected chi connectivity index (χ2v) is 10.3. The molecule has 0 radical (unpaired) electrons. The molecule has 0 unspecified atom stereocenters. The Bertz CT molecular complexity index is 1860. The van der Waals surface area contributed by atoms with Crippen LogP contribution in [0.3, 0.4) is 0 Å². The fraction of sp³-hybridized carbons (Fsp3) is 0.176. The number of phenolic OH excluding ortho intramolecular Hbond substituents is 1. The van der Waals surface area contributed by atoms with E-state index < -0.39 is 11.9 Å². The van der Waals surface area contributed by atoms with Gasteiger partial charge < -0.3 is 23.7 Å². The molecule has 2 aliphatic heterocycles. The summed E-state index contributed by atoms with van der Waals surface area (Å²) in [5, 5.41) is 10.9. The van der Waals surface area contributed by atoms with Crippen molar-refractivity contribution in [3.8, 4) is 34.1 Å². The van der Waals surface area contributed by atoms with E-state index in [0.29, 0.717) is 42.1 Å². The van der Waals surface area contributed by atoms with Gasteiger partial charge in [-0.3, -0.25) is 9.59 Å². The smallest absolute Gasteiger partial charge is 0.312 e. The number of carbonyl (C=O) groups is 1. The number of esters is 1. The summed E-state index contributed by atoms with van der Waals surface area (Å²) in [7, 11) is 0. The van der Waals surface area contributed by atoms with Crippen molar-refractivity contribution in [1.29, 1.82) is 0 Å². The van der Waals surface area contributed by atoms with Gasteiger partial charge in [0.25, 0.3) is 0 Å². The zero-order valence-corrected chi connectivity index (χ0v) is 22.1. The van der Waals surface area contributed by atoms with Crippen LogP contribution in [0.2, 0.25) is 0 Å². The third-order valence-electron chi connectivity index (χ3n) is 7.75. The van der Waals surface area contributed by atoms with Crippen LogP contribution in [0.25, 0.3) is 22.1 Å². The van der Waals surface area contributed by atoms with Crippen molar-refractivity contribution in [1.82, 2.24) is 0 Å². The van der Waals surface area contributed by atoms with E-state index in [1.54, 1.807) is 0 Å². The molecule has 41 heavy (non-hydrogen) atoms. The molecule has 0 fully saturated rings. The summed E-state index contributed by atoms with van der Waals surface area (Å²) in [6.45, 7) is 1.15. The van der Waals surface area contributed by atoms with E-state index >= 15 is 0 Å². The van der Waals surface area contributed by atoms with Crippen LogP contribution >= 0.6 is 0 Å². The number of hydrogen-bond donors (Lipinski definition) is 1. The first-order valence-corrected chi connectivity index (χ1v) is 13.6. The van der Waals surface area contributed by atoms with Crippen LogP contribution in [0.4, 0.5) is 0 Å². The molecule has 7 rings (SSSR count). The van der Waals surface area contributed by atoms with Crippen LogP contribution in [0.5, 0.6) is 23.0 Å². The number of ether oxygens (including phenoxy) is 3. The van der Waals surface area contributed by atoms with Crippen LogP contribution in [0.15, 0.2) is 94.3 Å². The molecule has 4 aromatic carbocycles. The van der Waals surface area contributed by atoms with Crippen LogP contribution in [-0.4, -0.2) is 24.3 Å². The Hall–Kier alpha value is -5.04. The lowest BCUT2D eigenvalue weighted by molar-refractivity contribution is -0.135. The molecule has 1 N–H and O–H groups in total. The van der Waals surface area contributed by atoms with Crippen LogP contribution in [0, 0.1) is 0 Å². The van der Waals surface area contributed by atoms with Crippen molar-refractivity contribution >= 4 is 16.9 Å². The van der Waals surface area contributed by atoms with Gasteiger partial charge in [-0.15, -0.1) is 0 Å². The number of fused-ring (bicyclic) bond motifs is 4. The highest BCUT2D eigenvalue weighted by Gasteiger charge is 2.35. The van der Waals surface area contributed by atoms with Gasteiger partial charge >= 0.3 is 5.97 Å². The highest BCUT2D eigenvalue weighted by molar-refractivity contribution is 5.94. The second-order valence-electron chi connectivity index (χ2n) is 10.3. The maximum absolute atomic E-state index is 13.6. The first-order valence-electron chi connectivity index (χ1n) is 13.6. The van der Waals surface area contributed by atoms with Gasteiger partial charge in [0, 0.05) is 36.0 Å². The molecule has 1 aromatic heterocycles. The summed E-state index contributed by atoms with van der Waals surface area (Å²) in [5.41, 5.74) is 4.52. The van der Waals surface area contributed by atoms with Gasteiger partial charge in [0.1, 0.15) is 40.2 Å². The van der Waals surface area contributed by atoms with Crippen molar-refractivity contribution in [2.24, 2.45) is 0 Å². The number of rotatable bonds is 6. The maximum atomic E-state index is 13.6. The van der Waals surface area contributed by atoms with Gasteiger partial charge in [0.15, 0.2) is 0 Å². The van der Waals surface area contributed by atoms with Crippen molar-refractivity contribution < 1.29 is 28.5 Å². The quantitative estimate of drug-likeness (QED) is 0.201. The minimum Gasteiger partial charge on any atom is -0.507 e. The first kappa shape index (κ1) is 25.0. The molecule has 2 aliphatic rings. The van der Waals surface area contributed by atoms with Gasteiger partial charge in [0.2, 0.25) is 5.43 Å². The van der Waals surface area contributed by atoms with E-state index in [-0.39, 0.29) is 34.3 Å². The van der Waals surface area contributed by atoms with Crippen LogP contribution in [0.1, 0.15) is 34.6 Å². The van der Waals surface area contributed by atoms with E-state index in [4.69, 9.17) is 18.6 Å². The van der Waals surface area contributed by atoms with Crippen LogP contribution in [-0.2, 0) is 17.6 Å². The first-order chi connectivity index (χ1) is 20.1. The van der Waals surface area contributed by atoms with Crippen molar-refractivity contribution in [2.75, 3.05) is 13.2 Å². The Balaban J connectivity index is 1.26. The minimum absolute atomic E-state index is 0.0300. The van der Waals surface area contributed by atoms with Crippen molar-refractivity contribution in [3.63, 3.8) is 0 Å². The SMILES string of the molecule is O=C1C[C@H](c2ccccc2OCCc2ccc3c(c2)CCO3)c2c(cc(O)c3c(=O)c(-c4ccccc4)coc23)O1. The predicted octanol–water partition coefficient (Wildman–Crippen LogP) is 6.16. The van der Waals surface area contributed by atoms with E-state index in [2.05, 4.69) is 12.1 Å². The molecular weight excluding hydrogens is 520 g/mol. The van der Waals surface area contributed by atoms with E-state index in [0.717, 1.165) is 23.3 Å². The number of benzene rings is 4. The normalized spacial score (nSPS) is 15.6. The Labute approximate surface area is 235 Å². The monoisotopic (exact) mass is 546 g/mol. The summed E-state index contributed by atoms with van der Waals surface area (Å²) >= 11 is 0. The van der Waals surface area contributed by atoms with E-state index in [1.165, 1.54) is 17.9 Å². The molecule has 7 heteroatoms. The minimum atomic E-state index is -0.506. The average Bonchev–Trinajstić information content (AvgIpc) is 3.45. The highest BCUT2D eigenvalue weighted by Crippen LogP contribution is 2.47. The lowest BCUT2D eigenvalue weighted by atomic mass is 9.84. The average molecular weight is 547 g/mol. The molecular formula is C34H26O7. The topological polar surface area (TPSA) is 95.2 Å². The highest BCUT2D eigenvalue weighted by atomic mass is 16.5. The molecule has 0 aliphatic carbocycles. The van der Waals surface area contributed by atoms with E-state index in [9.17, 15) is 14.7 Å². The fourth-order valence-corrected chi connectivity index (χ4v) is 5.79. The second kappa shape index (κ2) is 10.2.